The monoisotopic (exact) mass is 1600 g/mol. The highest BCUT2D eigenvalue weighted by molar-refractivity contribution is 7.40. The van der Waals surface area contributed by atoms with E-state index in [0.29, 0.717) is 86.7 Å². The van der Waals surface area contributed by atoms with E-state index < -0.39 is 56.6 Å². The Balaban J connectivity index is 0.727. The van der Waals surface area contributed by atoms with Crippen molar-refractivity contribution >= 4 is 151 Å². The Hall–Kier alpha value is -7.89. The Morgan fingerprint density at radius 2 is 1.14 bits per heavy atom. The number of alkyl halides is 2. The first-order valence-electron chi connectivity index (χ1n) is 35.4. The molecule has 8 N–H and O–H groups in total. The Morgan fingerprint density at radius 1 is 0.648 bits per heavy atom. The van der Waals surface area contributed by atoms with Gasteiger partial charge in [-0.2, -0.15) is 0 Å². The first-order valence-corrected chi connectivity index (χ1v) is 39.4. The number of nitrogens with zero attached hydrogens (tertiary/aromatic N) is 5. The number of carbonyl (C=O) groups is 10. The van der Waals surface area contributed by atoms with Gasteiger partial charge in [0.25, 0.3) is 11.8 Å². The zero-order valence-electron chi connectivity index (χ0n) is 61.2. The molecule has 8 rings (SSSR count). The predicted octanol–water partition coefficient (Wildman–Crippen LogP) is 7.66. The molecule has 3 aliphatic rings. The number of amides is 11. The number of halogens is 2. The van der Waals surface area contributed by atoms with Gasteiger partial charge in [0.1, 0.15) is 24.4 Å². The van der Waals surface area contributed by atoms with Gasteiger partial charge >= 0.3 is 26.8 Å². The SMILES string of the molecule is Cc1csc2c(OC(=O)N(C)CCN(C)C(=O)OCc3ccc(NC(=O)[C@H](CCCNC(N)=O)NC(=O)[C@@H](NC(=O)CCOCCOCCOCCOCCOCCOCCN4C(=O)C=CC4=O)C(C)C)cc3)cc3c(c12)[C@H](CCl)CN3C(=O)CCCC(=O)N1C[C@@H](CCl)c2c1cc(OP(O)O)c1scc(C)c21. The number of hydrogen-bond acceptors (Lipinski definition) is 23. The molecule has 11 amide bonds. The van der Waals surface area contributed by atoms with Crippen LogP contribution >= 0.6 is 54.5 Å². The number of hydrogen-bond donors (Lipinski definition) is 7. The number of benzene rings is 3. The number of nitrogens with two attached hydrogens (primary N) is 1. The number of anilines is 3. The van der Waals surface area contributed by atoms with Gasteiger partial charge < -0.3 is 98.8 Å². The summed E-state index contributed by atoms with van der Waals surface area (Å²) in [5.41, 5.74) is 10.9. The fourth-order valence-electron chi connectivity index (χ4n) is 12.2. The number of aryl methyl sites for hydroxylation is 2. The molecular weight excluding hydrogens is 1510 g/mol. The van der Waals surface area contributed by atoms with Gasteiger partial charge in [0.2, 0.25) is 29.5 Å². The van der Waals surface area contributed by atoms with Crippen LogP contribution in [0, 0.1) is 19.8 Å². The summed E-state index contributed by atoms with van der Waals surface area (Å²) in [6, 6.07) is 6.92. The van der Waals surface area contributed by atoms with E-state index in [4.69, 9.17) is 71.4 Å². The molecule has 3 aliphatic heterocycles. The highest BCUT2D eigenvalue weighted by Gasteiger charge is 2.39. The van der Waals surface area contributed by atoms with Crippen LogP contribution in [0.1, 0.15) is 92.0 Å². The summed E-state index contributed by atoms with van der Waals surface area (Å²) in [7, 11) is 0.311. The van der Waals surface area contributed by atoms with E-state index in [2.05, 4.69) is 21.3 Å². The summed E-state index contributed by atoms with van der Waals surface area (Å²) in [5, 5.41) is 16.4. The number of fused-ring (bicyclic) bond motifs is 6. The lowest BCUT2D eigenvalue weighted by molar-refractivity contribution is -0.138. The van der Waals surface area contributed by atoms with Crippen LogP contribution in [-0.4, -0.2) is 241 Å². The average Bonchev–Trinajstić information content (AvgIpc) is 1.59. The van der Waals surface area contributed by atoms with E-state index in [-0.39, 0.29) is 169 Å². The predicted molar refractivity (Wildman–Crippen MR) is 408 cm³/mol. The molecular formula is C72H95Cl2N10O21PS2. The zero-order chi connectivity index (χ0) is 78.0. The number of likely N-dealkylation sites (N-methyl/N-ethyl adjacent to an activating group) is 2. The van der Waals surface area contributed by atoms with Crippen LogP contribution in [0.3, 0.4) is 0 Å². The Labute approximate surface area is 645 Å². The highest BCUT2D eigenvalue weighted by Crippen LogP contribution is 2.52. The maximum absolute atomic E-state index is 14.3. The number of carbonyl (C=O) groups excluding carboxylic acids is 10. The molecule has 590 valence electrons. The van der Waals surface area contributed by atoms with E-state index in [0.717, 1.165) is 42.6 Å². The molecule has 2 aromatic heterocycles. The Morgan fingerprint density at radius 3 is 1.64 bits per heavy atom. The van der Waals surface area contributed by atoms with Gasteiger partial charge in [0.05, 0.1) is 107 Å². The second-order valence-corrected chi connectivity index (χ2v) is 29.2. The van der Waals surface area contributed by atoms with Gasteiger partial charge in [-0.3, -0.25) is 38.5 Å². The quantitative estimate of drug-likeness (QED) is 0.00850. The molecule has 108 heavy (non-hydrogen) atoms. The van der Waals surface area contributed by atoms with E-state index in [1.54, 1.807) is 60.0 Å². The molecule has 31 nitrogen and oxygen atoms in total. The van der Waals surface area contributed by atoms with Crippen LogP contribution in [0.4, 0.5) is 31.4 Å². The van der Waals surface area contributed by atoms with Gasteiger partial charge in [0, 0.05) is 130 Å². The molecule has 4 atom stereocenters. The summed E-state index contributed by atoms with van der Waals surface area (Å²) in [6.07, 6.45) is 1.61. The van der Waals surface area contributed by atoms with Crippen LogP contribution in [0.5, 0.6) is 11.5 Å². The smallest absolute Gasteiger partial charge is 0.415 e. The standard InChI is InChI=1S/C72H95Cl2N10O21PS2/c1-44(2)65(79-56(85)18-23-97-25-27-99-29-31-101-33-34-102-32-30-100-28-26-98-24-22-82-59(88)16-17-60(82)89)69(91)78-51(9-8-19-76-70(75)92)68(90)77-50-14-12-47(13-15-50)41-103-71(93)80(5)20-21-81(6)72(94)104-54-35-52-63(61-45(3)42-107-66(54)61)48(37-73)39-83(52)57(86)10-7-11-58(87)84-40-49(38-74)64-53(84)36-55(105-106(95)96)67-62(64)46(4)43-108-67/h12-17,35-36,42-44,48-49,51,65,95-96H,7-11,18-34,37-41H2,1-6H3,(H,77,90)(H,78,91)(H,79,85)(H3,75,76,92)/t48-,49-,51+,65+/m1/s1. The number of nitrogens with one attached hydrogen (secondary N) is 4. The first kappa shape index (κ1) is 85.7. The minimum absolute atomic E-state index is 0.0197. The molecule has 0 unspecified atom stereocenters. The number of urea groups is 1. The van der Waals surface area contributed by atoms with Crippen molar-refractivity contribution in [3.63, 3.8) is 0 Å². The van der Waals surface area contributed by atoms with Gasteiger partial charge in [-0.05, 0) is 89.7 Å². The van der Waals surface area contributed by atoms with Crippen molar-refractivity contribution in [2.75, 3.05) is 160 Å². The lowest BCUT2D eigenvalue weighted by Crippen LogP contribution is -2.54. The number of imide groups is 1. The number of ether oxygens (including phenoxy) is 8. The third kappa shape index (κ3) is 24.3. The van der Waals surface area contributed by atoms with Crippen molar-refractivity contribution in [3.8, 4) is 11.5 Å². The van der Waals surface area contributed by atoms with Crippen LogP contribution < -0.4 is 46.1 Å². The molecule has 36 heteroatoms. The van der Waals surface area contributed by atoms with Gasteiger partial charge in [0.15, 0.2) is 5.75 Å². The van der Waals surface area contributed by atoms with Crippen LogP contribution in [0.25, 0.3) is 20.2 Å². The Bertz CT molecular complexity index is 3960. The van der Waals surface area contributed by atoms with Crippen LogP contribution in [-0.2, 0) is 73.3 Å². The molecule has 0 bridgehead atoms. The maximum atomic E-state index is 14.3. The minimum atomic E-state index is -2.73. The molecule has 5 aromatic rings. The van der Waals surface area contributed by atoms with Crippen molar-refractivity contribution < 1.29 is 100 Å². The molecule has 0 aliphatic carbocycles. The van der Waals surface area contributed by atoms with Gasteiger partial charge in [-0.15, -0.1) is 45.9 Å². The third-order valence-electron chi connectivity index (χ3n) is 17.9. The normalized spacial score (nSPS) is 15.1. The fourth-order valence-corrected chi connectivity index (χ4v) is 15.2. The molecule has 0 saturated heterocycles. The van der Waals surface area contributed by atoms with Gasteiger partial charge in [-0.25, -0.2) is 14.4 Å². The van der Waals surface area contributed by atoms with Crippen LogP contribution in [0.2, 0.25) is 0 Å². The maximum Gasteiger partial charge on any atom is 0.415 e. The molecule has 5 heterocycles. The zero-order valence-corrected chi connectivity index (χ0v) is 65.3. The fraction of sp³-hybridized carbons (Fsp3) is 0.528. The Kier molecular flexibility index (Phi) is 34.1. The van der Waals surface area contributed by atoms with Crippen molar-refractivity contribution in [1.82, 2.24) is 30.7 Å². The number of primary amides is 1. The van der Waals surface area contributed by atoms with Crippen LogP contribution in [0.15, 0.2) is 59.3 Å². The summed E-state index contributed by atoms with van der Waals surface area (Å²) >= 11 is 15.9. The summed E-state index contributed by atoms with van der Waals surface area (Å²) in [5.74, 6) is -2.64. The summed E-state index contributed by atoms with van der Waals surface area (Å²) < 4.78 is 51.5. The van der Waals surface area contributed by atoms with E-state index in [1.807, 2.05) is 24.6 Å². The van der Waals surface area contributed by atoms with Crippen molar-refractivity contribution in [1.29, 1.82) is 0 Å². The minimum Gasteiger partial charge on any atom is -0.445 e. The summed E-state index contributed by atoms with van der Waals surface area (Å²) in [4.78, 5) is 157. The lowest BCUT2D eigenvalue weighted by Gasteiger charge is -2.25. The number of rotatable bonds is 45. The number of thiophene rings is 2. The molecule has 0 fully saturated rings. The van der Waals surface area contributed by atoms with Crippen molar-refractivity contribution in [2.24, 2.45) is 11.7 Å². The molecule has 0 spiro atoms. The van der Waals surface area contributed by atoms with E-state index in [9.17, 15) is 57.7 Å². The summed E-state index contributed by atoms with van der Waals surface area (Å²) in [6.45, 7) is 11.7. The first-order chi connectivity index (χ1) is 51.9. The second kappa shape index (κ2) is 42.9. The van der Waals surface area contributed by atoms with Gasteiger partial charge in [-0.1, -0.05) is 26.0 Å². The molecule has 0 radical (unpaired) electrons. The van der Waals surface area contributed by atoms with E-state index >= 15 is 0 Å². The molecule has 3 aromatic carbocycles. The second-order valence-electron chi connectivity index (χ2n) is 26.1. The third-order valence-corrected chi connectivity index (χ3v) is 21.2. The highest BCUT2D eigenvalue weighted by atomic mass is 35.5. The van der Waals surface area contributed by atoms with E-state index in [1.165, 1.54) is 58.7 Å². The molecule has 0 saturated carbocycles. The lowest BCUT2D eigenvalue weighted by atomic mass is 9.97. The average molecular weight is 1600 g/mol. The topological polar surface area (TPSA) is 385 Å². The largest absolute Gasteiger partial charge is 0.445 e. The van der Waals surface area contributed by atoms with Crippen molar-refractivity contribution in [3.05, 3.63) is 87.1 Å². The van der Waals surface area contributed by atoms with Crippen molar-refractivity contribution in [2.45, 2.75) is 96.7 Å².